The van der Waals surface area contributed by atoms with Crippen LogP contribution in [-0.2, 0) is 11.3 Å². The van der Waals surface area contributed by atoms with Crippen molar-refractivity contribution in [1.29, 1.82) is 0 Å². The molecule has 0 saturated carbocycles. The fourth-order valence-corrected chi connectivity index (χ4v) is 3.83. The van der Waals surface area contributed by atoms with Gasteiger partial charge in [-0.25, -0.2) is 4.79 Å². The summed E-state index contributed by atoms with van der Waals surface area (Å²) in [6.45, 7) is 8.53. The van der Waals surface area contributed by atoms with E-state index in [1.807, 2.05) is 13.0 Å². The van der Waals surface area contributed by atoms with Gasteiger partial charge in [0.1, 0.15) is 5.69 Å². The van der Waals surface area contributed by atoms with Crippen LogP contribution in [0.2, 0.25) is 0 Å². The van der Waals surface area contributed by atoms with E-state index in [-0.39, 0.29) is 11.9 Å². The fraction of sp³-hybridized carbons (Fsp3) is 0.455. The zero-order chi connectivity index (χ0) is 20.1. The summed E-state index contributed by atoms with van der Waals surface area (Å²) in [4.78, 5) is 30.3. The first-order valence-electron chi connectivity index (χ1n) is 9.93. The van der Waals surface area contributed by atoms with Crippen LogP contribution in [0.5, 0.6) is 0 Å². The Hall–Kier alpha value is -2.60. The Morgan fingerprint density at radius 2 is 1.86 bits per heavy atom. The standard InChI is InChI=1S/C22H29N3O3/c1-4-28-22(27)20-15(2)19(16(3)23-20)21(26)24-18-10-12-25(13-11-18)14-17-8-6-5-7-9-17/h5-9,18,23H,4,10-14H2,1-3H3,(H,24,26). The van der Waals surface area contributed by atoms with Crippen molar-refractivity contribution >= 4 is 11.9 Å². The number of H-pyrrole nitrogens is 1. The molecule has 1 fully saturated rings. The van der Waals surface area contributed by atoms with Gasteiger partial charge in [0.2, 0.25) is 0 Å². The SMILES string of the molecule is CCOC(=O)c1[nH]c(C)c(C(=O)NC2CCN(Cc3ccccc3)CC2)c1C. The molecule has 1 aliphatic rings. The summed E-state index contributed by atoms with van der Waals surface area (Å²) in [5.74, 6) is -0.542. The van der Waals surface area contributed by atoms with Crippen LogP contribution in [0.25, 0.3) is 0 Å². The van der Waals surface area contributed by atoms with Crippen LogP contribution < -0.4 is 5.32 Å². The van der Waals surface area contributed by atoms with Crippen molar-refractivity contribution in [1.82, 2.24) is 15.2 Å². The minimum atomic E-state index is -0.420. The maximum atomic E-state index is 12.8. The van der Waals surface area contributed by atoms with Crippen LogP contribution in [0.3, 0.4) is 0 Å². The van der Waals surface area contributed by atoms with Gasteiger partial charge in [-0.3, -0.25) is 9.69 Å². The molecule has 150 valence electrons. The van der Waals surface area contributed by atoms with Crippen LogP contribution in [-0.4, -0.2) is 47.5 Å². The molecule has 6 heteroatoms. The molecule has 2 aromatic rings. The summed E-state index contributed by atoms with van der Waals surface area (Å²) >= 11 is 0. The minimum absolute atomic E-state index is 0.122. The van der Waals surface area contributed by atoms with E-state index in [4.69, 9.17) is 4.74 Å². The highest BCUT2D eigenvalue weighted by molar-refractivity contribution is 6.01. The maximum Gasteiger partial charge on any atom is 0.355 e. The average molecular weight is 383 g/mol. The third kappa shape index (κ3) is 4.62. The van der Waals surface area contributed by atoms with Crippen molar-refractivity contribution < 1.29 is 14.3 Å². The summed E-state index contributed by atoms with van der Waals surface area (Å²) in [5, 5.41) is 3.15. The smallest absolute Gasteiger partial charge is 0.355 e. The van der Waals surface area contributed by atoms with Crippen molar-refractivity contribution in [2.45, 2.75) is 46.2 Å². The van der Waals surface area contributed by atoms with Gasteiger partial charge < -0.3 is 15.0 Å². The monoisotopic (exact) mass is 383 g/mol. The van der Waals surface area contributed by atoms with Crippen LogP contribution >= 0.6 is 0 Å². The number of carbonyl (C=O) groups excluding carboxylic acids is 2. The first kappa shape index (κ1) is 20.1. The molecule has 1 aromatic carbocycles. The number of esters is 1. The molecule has 6 nitrogen and oxygen atoms in total. The van der Waals surface area contributed by atoms with E-state index >= 15 is 0 Å². The topological polar surface area (TPSA) is 74.4 Å². The van der Waals surface area contributed by atoms with E-state index in [2.05, 4.69) is 39.5 Å². The number of piperidine rings is 1. The van der Waals surface area contributed by atoms with Crippen LogP contribution in [0.15, 0.2) is 30.3 Å². The first-order valence-corrected chi connectivity index (χ1v) is 9.93. The number of likely N-dealkylation sites (tertiary alicyclic amines) is 1. The number of aryl methyl sites for hydroxylation is 1. The molecule has 2 N–H and O–H groups in total. The van der Waals surface area contributed by atoms with Crippen molar-refractivity contribution in [3.05, 3.63) is 58.4 Å². The molecule has 1 amide bonds. The molecule has 0 unspecified atom stereocenters. The Bertz CT molecular complexity index is 821. The molecule has 3 rings (SSSR count). The van der Waals surface area contributed by atoms with Crippen LogP contribution in [0, 0.1) is 13.8 Å². The van der Waals surface area contributed by atoms with Crippen molar-refractivity contribution in [2.24, 2.45) is 0 Å². The number of hydrogen-bond donors (Lipinski definition) is 2. The zero-order valence-corrected chi connectivity index (χ0v) is 16.9. The summed E-state index contributed by atoms with van der Waals surface area (Å²) < 4.78 is 5.06. The third-order valence-electron chi connectivity index (χ3n) is 5.32. The summed E-state index contributed by atoms with van der Waals surface area (Å²) in [6, 6.07) is 10.6. The average Bonchev–Trinajstić information content (AvgIpc) is 2.99. The predicted octanol–water partition coefficient (Wildman–Crippen LogP) is 3.20. The van der Waals surface area contributed by atoms with Gasteiger partial charge in [0.15, 0.2) is 0 Å². The number of amides is 1. The van der Waals surface area contributed by atoms with Gasteiger partial charge in [0.05, 0.1) is 12.2 Å². The molecule has 0 spiro atoms. The van der Waals surface area contributed by atoms with Gasteiger partial charge in [0, 0.05) is 31.4 Å². The van der Waals surface area contributed by atoms with Crippen LogP contribution in [0.4, 0.5) is 0 Å². The lowest BCUT2D eigenvalue weighted by Gasteiger charge is -2.32. The largest absolute Gasteiger partial charge is 0.461 e. The number of benzene rings is 1. The van der Waals surface area contributed by atoms with E-state index < -0.39 is 5.97 Å². The number of nitrogens with one attached hydrogen (secondary N) is 2. The van der Waals surface area contributed by atoms with Crippen molar-refractivity contribution in [3.63, 3.8) is 0 Å². The van der Waals surface area contributed by atoms with Gasteiger partial charge in [-0.1, -0.05) is 30.3 Å². The molecule has 2 heterocycles. The van der Waals surface area contributed by atoms with Gasteiger partial charge in [-0.05, 0) is 44.7 Å². The highest BCUT2D eigenvalue weighted by Gasteiger charge is 2.26. The highest BCUT2D eigenvalue weighted by atomic mass is 16.5. The van der Waals surface area contributed by atoms with Crippen LogP contribution in [0.1, 0.15) is 57.4 Å². The number of rotatable bonds is 6. The molecule has 1 aliphatic heterocycles. The molecule has 0 aliphatic carbocycles. The highest BCUT2D eigenvalue weighted by Crippen LogP contribution is 2.20. The molecule has 1 saturated heterocycles. The normalized spacial score (nSPS) is 15.4. The minimum Gasteiger partial charge on any atom is -0.461 e. The Labute approximate surface area is 166 Å². The number of carbonyl (C=O) groups is 2. The number of nitrogens with zero attached hydrogens (tertiary/aromatic N) is 1. The Morgan fingerprint density at radius 1 is 1.18 bits per heavy atom. The second kappa shape index (κ2) is 9.06. The van der Waals surface area contributed by atoms with E-state index in [0.29, 0.717) is 29.1 Å². The van der Waals surface area contributed by atoms with Crippen molar-refractivity contribution in [2.75, 3.05) is 19.7 Å². The Morgan fingerprint density at radius 3 is 2.50 bits per heavy atom. The molecule has 0 bridgehead atoms. The summed E-state index contributed by atoms with van der Waals surface area (Å²) in [5.41, 5.74) is 3.57. The summed E-state index contributed by atoms with van der Waals surface area (Å²) in [7, 11) is 0. The fourth-order valence-electron chi connectivity index (χ4n) is 3.83. The van der Waals surface area contributed by atoms with Crippen molar-refractivity contribution in [3.8, 4) is 0 Å². The van der Waals surface area contributed by atoms with E-state index in [1.165, 1.54) is 5.56 Å². The quantitative estimate of drug-likeness (QED) is 0.751. The zero-order valence-electron chi connectivity index (χ0n) is 16.9. The molecule has 28 heavy (non-hydrogen) atoms. The molecule has 1 aromatic heterocycles. The van der Waals surface area contributed by atoms with Gasteiger partial charge in [-0.15, -0.1) is 0 Å². The first-order chi connectivity index (χ1) is 13.5. The second-order valence-corrected chi connectivity index (χ2v) is 7.35. The maximum absolute atomic E-state index is 12.8. The Balaban J connectivity index is 1.57. The van der Waals surface area contributed by atoms with E-state index in [9.17, 15) is 9.59 Å². The summed E-state index contributed by atoms with van der Waals surface area (Å²) in [6.07, 6.45) is 1.84. The molecular weight excluding hydrogens is 354 g/mol. The lowest BCUT2D eigenvalue weighted by atomic mass is 10.0. The number of hydrogen-bond acceptors (Lipinski definition) is 4. The lowest BCUT2D eigenvalue weighted by Crippen LogP contribution is -2.44. The number of ether oxygens (including phenoxy) is 1. The van der Waals surface area contributed by atoms with Gasteiger partial charge >= 0.3 is 5.97 Å². The molecule has 0 radical (unpaired) electrons. The Kier molecular flexibility index (Phi) is 6.52. The predicted molar refractivity (Wildman–Crippen MR) is 108 cm³/mol. The molecular formula is C22H29N3O3. The van der Waals surface area contributed by atoms with Gasteiger partial charge in [-0.2, -0.15) is 0 Å². The van der Waals surface area contributed by atoms with Gasteiger partial charge in [0.25, 0.3) is 5.91 Å². The van der Waals surface area contributed by atoms with E-state index in [0.717, 1.165) is 32.5 Å². The lowest BCUT2D eigenvalue weighted by molar-refractivity contribution is 0.0519. The third-order valence-corrected chi connectivity index (χ3v) is 5.32. The molecule has 0 atom stereocenters. The number of aromatic amines is 1. The second-order valence-electron chi connectivity index (χ2n) is 7.35. The number of aromatic nitrogens is 1. The van der Waals surface area contributed by atoms with E-state index in [1.54, 1.807) is 13.8 Å².